The van der Waals surface area contributed by atoms with Crippen LogP contribution in [0.25, 0.3) is 11.1 Å². The van der Waals surface area contributed by atoms with Crippen molar-refractivity contribution in [2.75, 3.05) is 25.6 Å². The highest BCUT2D eigenvalue weighted by atomic mass is 79.9. The third-order valence-corrected chi connectivity index (χ3v) is 5.78. The standard InChI is InChI=1S/C19H17BrFN5O4S/c1-9-5-11(14-13(28-2)7-23-16(20)15(14)21)12(6-22-9)17(27)24-18-25-26-19(31-18)30-10-3-4-29-8-10/h5-7,10H,3-4,8H2,1-2H3,(H,24,25,27)/t10-/m1/s1. The summed E-state index contributed by atoms with van der Waals surface area (Å²) in [6.07, 6.45) is 3.45. The zero-order valence-corrected chi connectivity index (χ0v) is 18.9. The lowest BCUT2D eigenvalue weighted by atomic mass is 10.00. The van der Waals surface area contributed by atoms with E-state index in [1.165, 1.54) is 19.5 Å². The van der Waals surface area contributed by atoms with E-state index in [4.69, 9.17) is 14.2 Å². The highest BCUT2D eigenvalue weighted by molar-refractivity contribution is 9.10. The number of amides is 1. The SMILES string of the molecule is COc1cnc(Br)c(F)c1-c1cc(C)ncc1C(=O)Nc1nnc(O[C@@H]2CCOC2)s1. The molecule has 1 amide bonds. The molecular formula is C19H17BrFN5O4S. The molecule has 4 heterocycles. The van der Waals surface area contributed by atoms with Gasteiger partial charge in [-0.2, -0.15) is 0 Å². The lowest BCUT2D eigenvalue weighted by Gasteiger charge is -2.14. The summed E-state index contributed by atoms with van der Waals surface area (Å²) in [4.78, 5) is 21.1. The van der Waals surface area contributed by atoms with Crippen LogP contribution in [-0.2, 0) is 4.74 Å². The number of methoxy groups -OCH3 is 1. The first kappa shape index (κ1) is 21.5. The molecule has 3 aromatic heterocycles. The largest absolute Gasteiger partial charge is 0.494 e. The van der Waals surface area contributed by atoms with Gasteiger partial charge in [0.2, 0.25) is 5.13 Å². The Morgan fingerprint density at radius 2 is 2.19 bits per heavy atom. The van der Waals surface area contributed by atoms with Gasteiger partial charge >= 0.3 is 0 Å². The van der Waals surface area contributed by atoms with Gasteiger partial charge in [0.05, 0.1) is 37.6 Å². The average molecular weight is 510 g/mol. The highest BCUT2D eigenvalue weighted by Gasteiger charge is 2.24. The summed E-state index contributed by atoms with van der Waals surface area (Å²) in [5.74, 6) is -0.987. The van der Waals surface area contributed by atoms with Crippen LogP contribution in [0.15, 0.2) is 23.1 Å². The smallest absolute Gasteiger partial charge is 0.296 e. The number of aromatic nitrogens is 4. The van der Waals surface area contributed by atoms with Gasteiger partial charge in [0, 0.05) is 23.9 Å². The van der Waals surface area contributed by atoms with Crippen molar-refractivity contribution in [2.45, 2.75) is 19.4 Å². The topological polar surface area (TPSA) is 108 Å². The molecule has 0 aromatic carbocycles. The zero-order chi connectivity index (χ0) is 22.0. The van der Waals surface area contributed by atoms with Crippen LogP contribution < -0.4 is 14.8 Å². The maximum atomic E-state index is 14.9. The van der Waals surface area contributed by atoms with E-state index in [0.29, 0.717) is 29.7 Å². The van der Waals surface area contributed by atoms with Crippen molar-refractivity contribution in [2.24, 2.45) is 0 Å². The van der Waals surface area contributed by atoms with Crippen LogP contribution in [0.1, 0.15) is 22.5 Å². The molecule has 4 rings (SSSR count). The fourth-order valence-electron chi connectivity index (χ4n) is 3.02. The molecule has 1 fully saturated rings. The molecule has 9 nitrogen and oxygen atoms in total. The Labute approximate surface area is 189 Å². The number of aryl methyl sites for hydroxylation is 1. The minimum atomic E-state index is -0.649. The van der Waals surface area contributed by atoms with Crippen LogP contribution in [-0.4, -0.2) is 52.5 Å². The quantitative estimate of drug-likeness (QED) is 0.501. The molecule has 3 aromatic rings. The van der Waals surface area contributed by atoms with Crippen LogP contribution in [0, 0.1) is 12.7 Å². The van der Waals surface area contributed by atoms with Gasteiger partial charge in [-0.05, 0) is 40.3 Å². The molecule has 0 bridgehead atoms. The second kappa shape index (κ2) is 9.20. The van der Waals surface area contributed by atoms with Gasteiger partial charge in [-0.3, -0.25) is 15.1 Å². The lowest BCUT2D eigenvalue weighted by molar-refractivity contribution is 0.102. The number of nitrogens with one attached hydrogen (secondary N) is 1. The summed E-state index contributed by atoms with van der Waals surface area (Å²) in [5, 5.41) is 11.1. The Hall–Kier alpha value is -2.70. The molecular weight excluding hydrogens is 493 g/mol. The zero-order valence-electron chi connectivity index (χ0n) is 16.5. The number of pyridine rings is 2. The van der Waals surface area contributed by atoms with Crippen molar-refractivity contribution in [3.63, 3.8) is 0 Å². The van der Waals surface area contributed by atoms with E-state index in [2.05, 4.69) is 41.4 Å². The van der Waals surface area contributed by atoms with E-state index in [-0.39, 0.29) is 32.7 Å². The predicted molar refractivity (Wildman–Crippen MR) is 114 cm³/mol. The number of rotatable bonds is 6. The first-order chi connectivity index (χ1) is 15.0. The fraction of sp³-hybridized carbons (Fsp3) is 0.316. The summed E-state index contributed by atoms with van der Waals surface area (Å²) in [5.41, 5.74) is 1.16. The normalized spacial score (nSPS) is 15.7. The van der Waals surface area contributed by atoms with E-state index in [9.17, 15) is 9.18 Å². The van der Waals surface area contributed by atoms with Gasteiger partial charge < -0.3 is 14.2 Å². The number of halogens is 2. The molecule has 0 radical (unpaired) electrons. The maximum Gasteiger partial charge on any atom is 0.296 e. The lowest BCUT2D eigenvalue weighted by Crippen LogP contribution is -2.15. The van der Waals surface area contributed by atoms with Gasteiger partial charge in [-0.15, -0.1) is 5.10 Å². The summed E-state index contributed by atoms with van der Waals surface area (Å²) in [6.45, 7) is 2.88. The Balaban J connectivity index is 1.63. The Kier molecular flexibility index (Phi) is 6.39. The molecule has 1 aliphatic heterocycles. The molecule has 1 N–H and O–H groups in total. The first-order valence-corrected chi connectivity index (χ1v) is 10.8. The van der Waals surface area contributed by atoms with E-state index in [0.717, 1.165) is 17.8 Å². The van der Waals surface area contributed by atoms with Crippen LogP contribution in [0.4, 0.5) is 9.52 Å². The second-order valence-corrected chi connectivity index (χ2v) is 8.30. The highest BCUT2D eigenvalue weighted by Crippen LogP contribution is 2.37. The predicted octanol–water partition coefficient (Wildman–Crippen LogP) is 3.63. The number of nitrogens with zero attached hydrogens (tertiary/aromatic N) is 4. The molecule has 12 heteroatoms. The van der Waals surface area contributed by atoms with Gasteiger partial charge in [0.1, 0.15) is 16.5 Å². The van der Waals surface area contributed by atoms with Crippen molar-refractivity contribution in [3.8, 4) is 22.1 Å². The molecule has 1 saturated heterocycles. The van der Waals surface area contributed by atoms with Gasteiger partial charge in [0.15, 0.2) is 5.82 Å². The van der Waals surface area contributed by atoms with Crippen molar-refractivity contribution in [1.29, 1.82) is 0 Å². The molecule has 0 spiro atoms. The molecule has 0 saturated carbocycles. The molecule has 1 atom stereocenters. The average Bonchev–Trinajstić information content (AvgIpc) is 3.42. The number of hydrogen-bond donors (Lipinski definition) is 1. The van der Waals surface area contributed by atoms with Crippen molar-refractivity contribution < 1.29 is 23.4 Å². The Bertz CT molecular complexity index is 1120. The van der Waals surface area contributed by atoms with E-state index >= 15 is 0 Å². The summed E-state index contributed by atoms with van der Waals surface area (Å²) < 4.78 is 31.2. The van der Waals surface area contributed by atoms with E-state index in [1.54, 1.807) is 13.0 Å². The molecule has 0 unspecified atom stereocenters. The van der Waals surface area contributed by atoms with Gasteiger partial charge in [-0.1, -0.05) is 5.10 Å². The maximum absolute atomic E-state index is 14.9. The number of ether oxygens (including phenoxy) is 3. The fourth-order valence-corrected chi connectivity index (χ4v) is 3.98. The molecule has 0 aliphatic carbocycles. The minimum Gasteiger partial charge on any atom is -0.494 e. The minimum absolute atomic E-state index is 0.00549. The summed E-state index contributed by atoms with van der Waals surface area (Å²) >= 11 is 4.17. The Morgan fingerprint density at radius 1 is 1.35 bits per heavy atom. The van der Waals surface area contributed by atoms with E-state index in [1.807, 2.05) is 0 Å². The van der Waals surface area contributed by atoms with Crippen molar-refractivity contribution in [1.82, 2.24) is 20.2 Å². The third-order valence-electron chi connectivity index (χ3n) is 4.50. The first-order valence-electron chi connectivity index (χ1n) is 9.20. The van der Waals surface area contributed by atoms with Crippen LogP contribution in [0.5, 0.6) is 10.9 Å². The van der Waals surface area contributed by atoms with Gasteiger partial charge in [0.25, 0.3) is 11.1 Å². The number of anilines is 1. The second-order valence-electron chi connectivity index (χ2n) is 6.61. The van der Waals surface area contributed by atoms with Crippen LogP contribution in [0.3, 0.4) is 0 Å². The van der Waals surface area contributed by atoms with E-state index < -0.39 is 11.7 Å². The van der Waals surface area contributed by atoms with Crippen molar-refractivity contribution >= 4 is 38.3 Å². The summed E-state index contributed by atoms with van der Waals surface area (Å²) in [7, 11) is 1.40. The van der Waals surface area contributed by atoms with Crippen molar-refractivity contribution in [3.05, 3.63) is 40.1 Å². The number of carbonyl (C=O) groups excluding carboxylic acids is 1. The number of hydrogen-bond acceptors (Lipinski definition) is 9. The molecule has 162 valence electrons. The number of carbonyl (C=O) groups is 1. The summed E-state index contributed by atoms with van der Waals surface area (Å²) in [6, 6.07) is 1.61. The third kappa shape index (κ3) is 4.65. The monoisotopic (exact) mass is 509 g/mol. The molecule has 1 aliphatic rings. The Morgan fingerprint density at radius 3 is 2.94 bits per heavy atom. The van der Waals surface area contributed by atoms with Crippen LogP contribution in [0.2, 0.25) is 0 Å². The molecule has 31 heavy (non-hydrogen) atoms. The van der Waals surface area contributed by atoms with Gasteiger partial charge in [-0.25, -0.2) is 9.37 Å². The van der Waals surface area contributed by atoms with Crippen LogP contribution >= 0.6 is 27.3 Å².